The summed E-state index contributed by atoms with van der Waals surface area (Å²) < 4.78 is 14.2. The number of carbonyl (C=O) groups is 1. The van der Waals surface area contributed by atoms with Crippen molar-refractivity contribution in [3.63, 3.8) is 0 Å². The summed E-state index contributed by atoms with van der Waals surface area (Å²) in [6.45, 7) is 4.60. The lowest BCUT2D eigenvalue weighted by atomic mass is 10.2. The Balaban J connectivity index is 1.87. The normalized spacial score (nSPS) is 12.5. The Hall–Kier alpha value is -1.07. The molecule has 21 heavy (non-hydrogen) atoms. The zero-order valence-corrected chi connectivity index (χ0v) is 14.0. The molecule has 0 saturated carbocycles. The van der Waals surface area contributed by atoms with E-state index in [9.17, 15) is 9.18 Å². The number of benzene rings is 1. The summed E-state index contributed by atoms with van der Waals surface area (Å²) >= 11 is 3.29. The van der Waals surface area contributed by atoms with E-state index >= 15 is 0 Å². The van der Waals surface area contributed by atoms with Crippen LogP contribution >= 0.6 is 23.1 Å². The first-order valence-electron chi connectivity index (χ1n) is 7.17. The number of unbranched alkanes of at least 4 members (excludes halogenated alkanes) is 1. The smallest absolute Gasteiger partial charge is 0.233 e. The molecule has 0 aliphatic carbocycles. The second kappa shape index (κ2) is 7.80. The van der Waals surface area contributed by atoms with Crippen LogP contribution in [0.2, 0.25) is 0 Å². The van der Waals surface area contributed by atoms with Gasteiger partial charge in [-0.15, -0.1) is 23.1 Å². The molecule has 0 spiro atoms. The number of rotatable bonds is 7. The molecule has 2 rings (SSSR count). The maximum atomic E-state index is 13.1. The lowest BCUT2D eigenvalue weighted by Crippen LogP contribution is -2.30. The van der Waals surface area contributed by atoms with E-state index in [4.69, 9.17) is 0 Å². The lowest BCUT2D eigenvalue weighted by molar-refractivity contribution is -0.120. The minimum Gasteiger partial charge on any atom is -0.350 e. The number of carbonyl (C=O) groups excluding carboxylic acids is 1. The molecule has 0 bridgehead atoms. The second-order valence-corrected chi connectivity index (χ2v) is 7.60. The third-order valence-electron chi connectivity index (χ3n) is 3.20. The third kappa shape index (κ3) is 4.71. The number of amides is 1. The molecule has 2 aromatic rings. The summed E-state index contributed by atoms with van der Waals surface area (Å²) in [4.78, 5) is 13.0. The van der Waals surface area contributed by atoms with Gasteiger partial charge in [-0.2, -0.15) is 0 Å². The van der Waals surface area contributed by atoms with E-state index < -0.39 is 0 Å². The summed E-state index contributed by atoms with van der Waals surface area (Å²) in [5, 5.41) is 3.83. The van der Waals surface area contributed by atoms with Gasteiger partial charge < -0.3 is 5.32 Å². The monoisotopic (exact) mass is 325 g/mol. The van der Waals surface area contributed by atoms with Gasteiger partial charge in [-0.25, -0.2) is 4.39 Å². The Morgan fingerprint density at radius 2 is 2.24 bits per heavy atom. The fourth-order valence-electron chi connectivity index (χ4n) is 1.95. The number of nitrogens with one attached hydrogen (secondary N) is 1. The van der Waals surface area contributed by atoms with Crippen molar-refractivity contribution in [1.82, 2.24) is 5.32 Å². The Morgan fingerprint density at radius 3 is 3.00 bits per heavy atom. The highest BCUT2D eigenvalue weighted by molar-refractivity contribution is 8.00. The SMILES string of the molecule is CCCCSC(C)C(=O)NCc1cc2cc(F)ccc2s1. The number of hydrogen-bond donors (Lipinski definition) is 1. The van der Waals surface area contributed by atoms with Crippen molar-refractivity contribution in [2.75, 3.05) is 5.75 Å². The predicted molar refractivity (Wildman–Crippen MR) is 90.5 cm³/mol. The van der Waals surface area contributed by atoms with Gasteiger partial charge in [-0.1, -0.05) is 13.3 Å². The lowest BCUT2D eigenvalue weighted by Gasteiger charge is -2.10. The van der Waals surface area contributed by atoms with Gasteiger partial charge in [0.15, 0.2) is 0 Å². The molecule has 1 N–H and O–H groups in total. The molecule has 1 aromatic carbocycles. The van der Waals surface area contributed by atoms with Crippen molar-refractivity contribution < 1.29 is 9.18 Å². The van der Waals surface area contributed by atoms with Crippen molar-refractivity contribution in [2.45, 2.75) is 38.5 Å². The van der Waals surface area contributed by atoms with Gasteiger partial charge >= 0.3 is 0 Å². The van der Waals surface area contributed by atoms with Gasteiger partial charge in [0.25, 0.3) is 0 Å². The molecule has 0 saturated heterocycles. The molecule has 1 atom stereocenters. The molecule has 2 nitrogen and oxygen atoms in total. The van der Waals surface area contributed by atoms with Crippen LogP contribution < -0.4 is 5.32 Å². The van der Waals surface area contributed by atoms with Crippen molar-refractivity contribution in [3.05, 3.63) is 35.0 Å². The average molecular weight is 325 g/mol. The van der Waals surface area contributed by atoms with Crippen LogP contribution in [0.25, 0.3) is 10.1 Å². The number of halogens is 1. The van der Waals surface area contributed by atoms with Gasteiger partial charge in [-0.05, 0) is 48.7 Å². The van der Waals surface area contributed by atoms with E-state index in [-0.39, 0.29) is 17.0 Å². The van der Waals surface area contributed by atoms with Gasteiger partial charge in [-0.3, -0.25) is 4.79 Å². The molecule has 114 valence electrons. The zero-order chi connectivity index (χ0) is 15.2. The quantitative estimate of drug-likeness (QED) is 0.755. The highest BCUT2D eigenvalue weighted by atomic mass is 32.2. The predicted octanol–water partition coefficient (Wildman–Crippen LogP) is 4.58. The van der Waals surface area contributed by atoms with Gasteiger partial charge in [0, 0.05) is 9.58 Å². The van der Waals surface area contributed by atoms with E-state index in [1.807, 2.05) is 13.0 Å². The second-order valence-electron chi connectivity index (χ2n) is 4.98. The van der Waals surface area contributed by atoms with Gasteiger partial charge in [0.05, 0.1) is 11.8 Å². The molecule has 1 amide bonds. The van der Waals surface area contributed by atoms with Crippen molar-refractivity contribution in [1.29, 1.82) is 0 Å². The van der Waals surface area contributed by atoms with Crippen LogP contribution in [-0.4, -0.2) is 16.9 Å². The fraction of sp³-hybridized carbons (Fsp3) is 0.438. The third-order valence-corrected chi connectivity index (χ3v) is 5.56. The largest absolute Gasteiger partial charge is 0.350 e. The summed E-state index contributed by atoms with van der Waals surface area (Å²) in [6, 6.07) is 6.72. The van der Waals surface area contributed by atoms with Crippen LogP contribution in [0.15, 0.2) is 24.3 Å². The van der Waals surface area contributed by atoms with E-state index in [1.54, 1.807) is 29.2 Å². The Morgan fingerprint density at radius 1 is 1.43 bits per heavy atom. The molecular weight excluding hydrogens is 305 g/mol. The summed E-state index contributed by atoms with van der Waals surface area (Å²) in [5.74, 6) is 0.865. The van der Waals surface area contributed by atoms with Crippen LogP contribution in [0.1, 0.15) is 31.6 Å². The number of thiophene rings is 1. The summed E-state index contributed by atoms with van der Waals surface area (Å²) in [5.41, 5.74) is 0. The van der Waals surface area contributed by atoms with E-state index in [0.717, 1.165) is 33.6 Å². The van der Waals surface area contributed by atoms with Crippen LogP contribution in [0.5, 0.6) is 0 Å². The van der Waals surface area contributed by atoms with Crippen LogP contribution in [0.3, 0.4) is 0 Å². The molecule has 0 aliphatic rings. The van der Waals surface area contributed by atoms with Crippen LogP contribution in [0, 0.1) is 5.82 Å². The van der Waals surface area contributed by atoms with E-state index in [0.29, 0.717) is 6.54 Å². The minimum atomic E-state index is -0.225. The van der Waals surface area contributed by atoms with E-state index in [1.165, 1.54) is 12.1 Å². The molecule has 5 heteroatoms. The van der Waals surface area contributed by atoms with Crippen molar-refractivity contribution in [3.8, 4) is 0 Å². The maximum Gasteiger partial charge on any atom is 0.233 e. The highest BCUT2D eigenvalue weighted by Crippen LogP contribution is 2.26. The molecule has 0 radical (unpaired) electrons. The molecule has 0 aliphatic heterocycles. The molecular formula is C16H20FNOS2. The highest BCUT2D eigenvalue weighted by Gasteiger charge is 2.13. The summed E-state index contributed by atoms with van der Waals surface area (Å²) in [6.07, 6.45) is 2.30. The molecule has 0 fully saturated rings. The fourth-order valence-corrected chi connectivity index (χ4v) is 3.98. The molecule has 1 heterocycles. The van der Waals surface area contributed by atoms with Gasteiger partial charge in [0.2, 0.25) is 5.91 Å². The Bertz CT molecular complexity index is 611. The van der Waals surface area contributed by atoms with Crippen LogP contribution in [-0.2, 0) is 11.3 Å². The van der Waals surface area contributed by atoms with Crippen molar-refractivity contribution >= 4 is 39.1 Å². The number of thioether (sulfide) groups is 1. The van der Waals surface area contributed by atoms with Gasteiger partial charge in [0.1, 0.15) is 5.82 Å². The maximum absolute atomic E-state index is 13.1. The first kappa shape index (κ1) is 16.3. The van der Waals surface area contributed by atoms with Crippen LogP contribution in [0.4, 0.5) is 4.39 Å². The number of fused-ring (bicyclic) bond motifs is 1. The number of hydrogen-bond acceptors (Lipinski definition) is 3. The zero-order valence-electron chi connectivity index (χ0n) is 12.3. The molecule has 1 unspecified atom stereocenters. The Labute approximate surface area is 133 Å². The topological polar surface area (TPSA) is 29.1 Å². The van der Waals surface area contributed by atoms with E-state index in [2.05, 4.69) is 12.2 Å². The first-order chi connectivity index (χ1) is 10.1. The minimum absolute atomic E-state index is 0.0247. The Kier molecular flexibility index (Phi) is 6.06. The first-order valence-corrected chi connectivity index (χ1v) is 9.04. The summed E-state index contributed by atoms with van der Waals surface area (Å²) in [7, 11) is 0. The average Bonchev–Trinajstić information content (AvgIpc) is 2.86. The standard InChI is InChI=1S/C16H20FNOS2/c1-3-4-7-20-11(2)16(19)18-10-14-9-12-8-13(17)5-6-15(12)21-14/h5-6,8-9,11H,3-4,7,10H2,1-2H3,(H,18,19). The van der Waals surface area contributed by atoms with Crippen molar-refractivity contribution in [2.24, 2.45) is 0 Å². The molecule has 1 aromatic heterocycles.